The van der Waals surface area contributed by atoms with Gasteiger partial charge in [0.25, 0.3) is 0 Å². The fourth-order valence-corrected chi connectivity index (χ4v) is 12.7. The molecule has 7 heteroatoms. The lowest BCUT2D eigenvalue weighted by Gasteiger charge is -2.65. The standard InChI is InChI=1S/C43H45NO6/c1-4-44-25-41(3)21-20-35(49-39(46)28-16-10-6-11-17-28)43-33(41)22-31(36(43)44)42-24-30(26(2)37(42)50-40(47)29-18-12-7-13-19-29)32(23-34(42)43)48-38(45)27-14-8-5-9-15-27/h5-19,30-37H,2,4,20-25H2,1,3H3/t30-,31-,32-,33+,34-,35-,36+,37+,41-,42-,43-/m0/s1. The number of benzene rings is 3. The number of fused-ring (bicyclic) bond motifs is 1. The van der Waals surface area contributed by atoms with E-state index in [4.69, 9.17) is 14.2 Å². The second-order valence-electron chi connectivity index (χ2n) is 16.1. The third kappa shape index (κ3) is 4.22. The Hall–Kier alpha value is -4.23. The van der Waals surface area contributed by atoms with Crippen molar-refractivity contribution < 1.29 is 28.6 Å². The van der Waals surface area contributed by atoms with E-state index in [1.165, 1.54) is 0 Å². The highest BCUT2D eigenvalue weighted by molar-refractivity contribution is 5.90. The summed E-state index contributed by atoms with van der Waals surface area (Å²) in [6.07, 6.45) is 2.84. The van der Waals surface area contributed by atoms with Crippen LogP contribution < -0.4 is 0 Å². The first-order valence-corrected chi connectivity index (χ1v) is 18.4. The van der Waals surface area contributed by atoms with Crippen LogP contribution in [-0.4, -0.2) is 60.3 Å². The van der Waals surface area contributed by atoms with Crippen molar-refractivity contribution in [3.63, 3.8) is 0 Å². The lowest BCUT2D eigenvalue weighted by Crippen LogP contribution is -2.69. The van der Waals surface area contributed by atoms with Crippen LogP contribution in [0.4, 0.5) is 0 Å². The maximum absolute atomic E-state index is 13.9. The summed E-state index contributed by atoms with van der Waals surface area (Å²) >= 11 is 0. The number of hydrogen-bond donors (Lipinski definition) is 0. The van der Waals surface area contributed by atoms with Gasteiger partial charge in [-0.05, 0) is 104 Å². The Bertz CT molecular complexity index is 1850. The first-order chi connectivity index (χ1) is 24.2. The van der Waals surface area contributed by atoms with Gasteiger partial charge in [-0.2, -0.15) is 0 Å². The minimum atomic E-state index is -0.533. The van der Waals surface area contributed by atoms with E-state index in [0.29, 0.717) is 29.0 Å². The molecular weight excluding hydrogens is 626 g/mol. The fourth-order valence-electron chi connectivity index (χ4n) is 12.7. The summed E-state index contributed by atoms with van der Waals surface area (Å²) in [5.74, 6) is -0.600. The molecule has 3 aromatic rings. The molecule has 9 rings (SSSR count). The maximum Gasteiger partial charge on any atom is 0.338 e. The van der Waals surface area contributed by atoms with Crippen molar-refractivity contribution in [1.29, 1.82) is 0 Å². The molecule has 1 heterocycles. The Kier molecular flexibility index (Phi) is 7.23. The van der Waals surface area contributed by atoms with Gasteiger partial charge in [-0.15, -0.1) is 0 Å². The molecule has 258 valence electrons. The van der Waals surface area contributed by atoms with Crippen molar-refractivity contribution in [2.75, 3.05) is 13.1 Å². The minimum Gasteiger partial charge on any atom is -0.458 e. The average molecular weight is 672 g/mol. The highest BCUT2D eigenvalue weighted by Gasteiger charge is 2.86. The van der Waals surface area contributed by atoms with Crippen molar-refractivity contribution >= 4 is 17.9 Å². The van der Waals surface area contributed by atoms with Crippen LogP contribution in [-0.2, 0) is 14.2 Å². The Balaban J connectivity index is 1.18. The Morgan fingerprint density at radius 1 is 0.780 bits per heavy atom. The number of piperidine rings is 1. The molecule has 6 fully saturated rings. The first-order valence-electron chi connectivity index (χ1n) is 18.4. The van der Waals surface area contributed by atoms with Gasteiger partial charge in [-0.1, -0.05) is 75.0 Å². The Morgan fingerprint density at radius 2 is 1.34 bits per heavy atom. The van der Waals surface area contributed by atoms with Gasteiger partial charge in [0, 0.05) is 29.3 Å². The SMILES string of the molecule is C=C1[C@@H](OC(=O)c2ccccc2)[C@]23C[C@@H]1[C@@H](OC(=O)c1ccccc1)C[C@@H]2[C@@]12[C@@H](OC(=O)c4ccccc4)CC[C@@]4(C)CN(CC)[C@@H]1[C@@H]3C[C@H]42. The van der Waals surface area contributed by atoms with E-state index in [-0.39, 0.29) is 58.6 Å². The predicted octanol–water partition coefficient (Wildman–Crippen LogP) is 7.39. The number of nitrogens with zero attached hydrogens (tertiary/aromatic N) is 1. The van der Waals surface area contributed by atoms with Gasteiger partial charge in [0.05, 0.1) is 16.7 Å². The van der Waals surface area contributed by atoms with Gasteiger partial charge < -0.3 is 14.2 Å². The van der Waals surface area contributed by atoms with Crippen molar-refractivity contribution in [2.45, 2.75) is 70.3 Å². The molecule has 1 aliphatic heterocycles. The monoisotopic (exact) mass is 671 g/mol. The highest BCUT2D eigenvalue weighted by atomic mass is 16.6. The van der Waals surface area contributed by atoms with Gasteiger partial charge in [0.1, 0.15) is 18.3 Å². The first kappa shape index (κ1) is 31.7. The van der Waals surface area contributed by atoms with Gasteiger partial charge in [0.2, 0.25) is 0 Å². The molecule has 3 aromatic carbocycles. The Labute approximate surface area is 294 Å². The predicted molar refractivity (Wildman–Crippen MR) is 187 cm³/mol. The molecule has 0 unspecified atom stereocenters. The van der Waals surface area contributed by atoms with Crippen LogP contribution in [0.15, 0.2) is 103 Å². The average Bonchev–Trinajstić information content (AvgIpc) is 3.67. The van der Waals surface area contributed by atoms with Crippen LogP contribution in [0.25, 0.3) is 0 Å². The van der Waals surface area contributed by atoms with Gasteiger partial charge in [0.15, 0.2) is 0 Å². The topological polar surface area (TPSA) is 82.1 Å². The lowest BCUT2D eigenvalue weighted by atomic mass is 9.43. The maximum atomic E-state index is 13.9. The summed E-state index contributed by atoms with van der Waals surface area (Å²) < 4.78 is 19.9. The van der Waals surface area contributed by atoms with Crippen molar-refractivity contribution in [3.05, 3.63) is 120 Å². The number of hydrogen-bond acceptors (Lipinski definition) is 7. The molecule has 7 nitrogen and oxygen atoms in total. The zero-order valence-electron chi connectivity index (χ0n) is 28.8. The smallest absolute Gasteiger partial charge is 0.338 e. The van der Waals surface area contributed by atoms with E-state index in [1.807, 2.05) is 66.7 Å². The van der Waals surface area contributed by atoms with Crippen LogP contribution in [0.3, 0.4) is 0 Å². The molecule has 0 amide bonds. The highest BCUT2D eigenvalue weighted by Crippen LogP contribution is 2.84. The minimum absolute atomic E-state index is 0.0102. The number of ether oxygens (including phenoxy) is 3. The largest absolute Gasteiger partial charge is 0.458 e. The summed E-state index contributed by atoms with van der Waals surface area (Å²) in [4.78, 5) is 44.2. The molecule has 50 heavy (non-hydrogen) atoms. The van der Waals surface area contributed by atoms with Crippen LogP contribution in [0.5, 0.6) is 0 Å². The molecule has 5 aliphatic carbocycles. The zero-order valence-corrected chi connectivity index (χ0v) is 28.8. The molecular formula is C43H45NO6. The molecule has 1 saturated heterocycles. The quantitative estimate of drug-likeness (QED) is 0.147. The number of likely N-dealkylation sites (tertiary alicyclic amines) is 1. The van der Waals surface area contributed by atoms with E-state index in [2.05, 4.69) is 25.3 Å². The van der Waals surface area contributed by atoms with Crippen molar-refractivity contribution in [3.8, 4) is 0 Å². The van der Waals surface area contributed by atoms with Crippen molar-refractivity contribution in [1.82, 2.24) is 4.90 Å². The van der Waals surface area contributed by atoms with E-state index in [9.17, 15) is 14.4 Å². The summed E-state index contributed by atoms with van der Waals surface area (Å²) in [5, 5.41) is 0. The number of carbonyl (C=O) groups is 3. The zero-order chi connectivity index (χ0) is 34.4. The fraction of sp³-hybridized carbons (Fsp3) is 0.465. The second-order valence-corrected chi connectivity index (χ2v) is 16.1. The van der Waals surface area contributed by atoms with Crippen LogP contribution >= 0.6 is 0 Å². The molecule has 11 atom stereocenters. The van der Waals surface area contributed by atoms with Crippen LogP contribution in [0.1, 0.15) is 77.0 Å². The van der Waals surface area contributed by atoms with Gasteiger partial charge >= 0.3 is 17.9 Å². The van der Waals surface area contributed by atoms with E-state index in [0.717, 1.165) is 44.3 Å². The molecule has 6 aliphatic rings. The molecule has 5 saturated carbocycles. The van der Waals surface area contributed by atoms with E-state index < -0.39 is 17.6 Å². The lowest BCUT2D eigenvalue weighted by molar-refractivity contribution is -0.218. The van der Waals surface area contributed by atoms with Gasteiger partial charge in [-0.3, -0.25) is 4.90 Å². The molecule has 0 radical (unpaired) electrons. The summed E-state index contributed by atoms with van der Waals surface area (Å²) in [7, 11) is 0. The van der Waals surface area contributed by atoms with E-state index >= 15 is 0 Å². The molecule has 7 bridgehead atoms. The summed E-state index contributed by atoms with van der Waals surface area (Å²) in [6.45, 7) is 11.2. The molecule has 0 N–H and O–H groups in total. The van der Waals surface area contributed by atoms with Crippen molar-refractivity contribution in [2.24, 2.45) is 39.9 Å². The third-order valence-corrected chi connectivity index (χ3v) is 14.2. The van der Waals surface area contributed by atoms with Crippen LogP contribution in [0, 0.1) is 39.9 Å². The van der Waals surface area contributed by atoms with E-state index in [1.54, 1.807) is 24.3 Å². The second kappa shape index (κ2) is 11.4. The van der Waals surface area contributed by atoms with Crippen LogP contribution in [0.2, 0.25) is 0 Å². The Morgan fingerprint density at radius 3 is 1.92 bits per heavy atom. The number of esters is 3. The number of rotatable bonds is 7. The summed E-state index contributed by atoms with van der Waals surface area (Å²) in [6, 6.07) is 27.8. The van der Waals surface area contributed by atoms with Gasteiger partial charge in [-0.25, -0.2) is 14.4 Å². The molecule has 2 spiro atoms. The normalized spacial score (nSPS) is 39.0. The third-order valence-electron chi connectivity index (χ3n) is 14.2. The molecule has 0 aromatic heterocycles. The number of carbonyl (C=O) groups excluding carboxylic acids is 3. The summed E-state index contributed by atoms with van der Waals surface area (Å²) in [5.41, 5.74) is 1.69.